The zero-order valence-electron chi connectivity index (χ0n) is 18.1. The van der Waals surface area contributed by atoms with Gasteiger partial charge < -0.3 is 29.6 Å². The van der Waals surface area contributed by atoms with Crippen molar-refractivity contribution in [1.82, 2.24) is 20.1 Å². The summed E-state index contributed by atoms with van der Waals surface area (Å²) in [4.78, 5) is 19.8. The van der Waals surface area contributed by atoms with Crippen molar-refractivity contribution in [1.29, 1.82) is 0 Å². The van der Waals surface area contributed by atoms with Crippen LogP contribution in [-0.4, -0.2) is 72.9 Å². The molecule has 8 heteroatoms. The van der Waals surface area contributed by atoms with Crippen molar-refractivity contribution in [3.63, 3.8) is 0 Å². The third-order valence-corrected chi connectivity index (χ3v) is 5.58. The molecule has 7 nitrogen and oxygen atoms in total. The molecule has 1 saturated heterocycles. The minimum Gasteiger partial charge on any atom is -0.494 e. The van der Waals surface area contributed by atoms with E-state index in [1.54, 1.807) is 0 Å². The van der Waals surface area contributed by atoms with Gasteiger partial charge in [0.05, 0.1) is 19.3 Å². The summed E-state index contributed by atoms with van der Waals surface area (Å²) < 4.78 is 11.3. The van der Waals surface area contributed by atoms with Crippen LogP contribution >= 0.6 is 12.2 Å². The first-order valence-electron chi connectivity index (χ1n) is 10.5. The van der Waals surface area contributed by atoms with Gasteiger partial charge in [0.15, 0.2) is 5.11 Å². The maximum absolute atomic E-state index is 12.7. The number of hydrogen-bond donors (Lipinski definition) is 2. The average molecular weight is 433 g/mol. The lowest BCUT2D eigenvalue weighted by atomic mass is 10.1. The SMILES string of the molecule is CCOc1ccc2[nH]c(=O)c(CN(CCN(C)C)C(=S)NC[C@@H]3CCCO3)cc2c1. The summed E-state index contributed by atoms with van der Waals surface area (Å²) in [6.45, 7) is 6.07. The number of H-pyrrole nitrogens is 1. The van der Waals surface area contributed by atoms with Gasteiger partial charge in [0.1, 0.15) is 5.75 Å². The molecular weight excluding hydrogens is 400 g/mol. The molecule has 1 atom stereocenters. The number of aromatic amines is 1. The van der Waals surface area contributed by atoms with Crippen LogP contribution in [0.2, 0.25) is 0 Å². The van der Waals surface area contributed by atoms with Gasteiger partial charge in [-0.25, -0.2) is 0 Å². The Balaban J connectivity index is 1.77. The van der Waals surface area contributed by atoms with Crippen LogP contribution in [0.4, 0.5) is 0 Å². The Morgan fingerprint density at radius 1 is 1.33 bits per heavy atom. The average Bonchev–Trinajstić information content (AvgIpc) is 3.23. The van der Waals surface area contributed by atoms with Gasteiger partial charge in [0.2, 0.25) is 0 Å². The number of hydrogen-bond acceptors (Lipinski definition) is 5. The first-order valence-corrected chi connectivity index (χ1v) is 10.9. The fraction of sp³-hybridized carbons (Fsp3) is 0.545. The van der Waals surface area contributed by atoms with Gasteiger partial charge in [-0.2, -0.15) is 0 Å². The molecule has 0 radical (unpaired) electrons. The van der Waals surface area contributed by atoms with E-state index in [0.29, 0.717) is 30.4 Å². The van der Waals surface area contributed by atoms with Gasteiger partial charge in [0, 0.05) is 42.7 Å². The highest BCUT2D eigenvalue weighted by molar-refractivity contribution is 7.80. The number of aromatic nitrogens is 1. The number of benzene rings is 1. The van der Waals surface area contributed by atoms with Gasteiger partial charge >= 0.3 is 0 Å². The predicted molar refractivity (Wildman–Crippen MR) is 124 cm³/mol. The molecule has 2 heterocycles. The van der Waals surface area contributed by atoms with Crippen molar-refractivity contribution in [2.75, 3.05) is 46.9 Å². The maximum atomic E-state index is 12.7. The number of pyridine rings is 1. The normalized spacial score (nSPS) is 16.2. The Bertz CT molecular complexity index is 909. The van der Waals surface area contributed by atoms with E-state index < -0.39 is 0 Å². The fourth-order valence-electron chi connectivity index (χ4n) is 3.50. The van der Waals surface area contributed by atoms with E-state index >= 15 is 0 Å². The molecule has 30 heavy (non-hydrogen) atoms. The Morgan fingerprint density at radius 2 is 2.17 bits per heavy atom. The van der Waals surface area contributed by atoms with Crippen molar-refractivity contribution >= 4 is 28.2 Å². The third kappa shape index (κ3) is 6.17. The molecular formula is C22H32N4O3S. The minimum absolute atomic E-state index is 0.0940. The fourth-order valence-corrected chi connectivity index (χ4v) is 3.74. The molecule has 0 aliphatic carbocycles. The van der Waals surface area contributed by atoms with Crippen molar-refractivity contribution in [2.24, 2.45) is 0 Å². The molecule has 1 aromatic carbocycles. The molecule has 164 valence electrons. The van der Waals surface area contributed by atoms with Gasteiger partial charge in [-0.1, -0.05) is 0 Å². The smallest absolute Gasteiger partial charge is 0.253 e. The molecule has 3 rings (SSSR count). The van der Waals surface area contributed by atoms with E-state index in [1.165, 1.54) is 0 Å². The molecule has 0 amide bonds. The monoisotopic (exact) mass is 432 g/mol. The van der Waals surface area contributed by atoms with E-state index in [4.69, 9.17) is 21.7 Å². The van der Waals surface area contributed by atoms with Gasteiger partial charge in [0.25, 0.3) is 5.56 Å². The summed E-state index contributed by atoms with van der Waals surface area (Å²) in [5.74, 6) is 0.793. The molecule has 1 fully saturated rings. The van der Waals surface area contributed by atoms with Crippen LogP contribution in [0.15, 0.2) is 29.1 Å². The van der Waals surface area contributed by atoms with Crippen molar-refractivity contribution < 1.29 is 9.47 Å². The summed E-state index contributed by atoms with van der Waals surface area (Å²) in [5.41, 5.74) is 1.38. The second-order valence-corrected chi connectivity index (χ2v) is 8.24. The topological polar surface area (TPSA) is 69.8 Å². The second-order valence-electron chi connectivity index (χ2n) is 7.85. The van der Waals surface area contributed by atoms with Crippen LogP contribution in [0, 0.1) is 0 Å². The van der Waals surface area contributed by atoms with Crippen LogP contribution < -0.4 is 15.6 Å². The molecule has 0 unspecified atom stereocenters. The number of nitrogens with zero attached hydrogens (tertiary/aromatic N) is 2. The lowest BCUT2D eigenvalue weighted by molar-refractivity contribution is 0.113. The van der Waals surface area contributed by atoms with Crippen molar-refractivity contribution in [2.45, 2.75) is 32.4 Å². The predicted octanol–water partition coefficient (Wildman–Crippen LogP) is 2.34. The van der Waals surface area contributed by atoms with Crippen LogP contribution in [0.1, 0.15) is 25.3 Å². The molecule has 1 aliphatic rings. The van der Waals surface area contributed by atoms with Gasteiger partial charge in [-0.15, -0.1) is 0 Å². The Morgan fingerprint density at radius 3 is 2.87 bits per heavy atom. The zero-order valence-corrected chi connectivity index (χ0v) is 18.9. The summed E-state index contributed by atoms with van der Waals surface area (Å²) in [5, 5.41) is 4.93. The highest BCUT2D eigenvalue weighted by atomic mass is 32.1. The zero-order chi connectivity index (χ0) is 21.5. The quantitative estimate of drug-likeness (QED) is 0.590. The van der Waals surface area contributed by atoms with Crippen LogP contribution in [-0.2, 0) is 11.3 Å². The number of rotatable bonds is 9. The largest absolute Gasteiger partial charge is 0.494 e. The third-order valence-electron chi connectivity index (χ3n) is 5.17. The van der Waals surface area contributed by atoms with Crippen LogP contribution in [0.5, 0.6) is 5.75 Å². The van der Waals surface area contributed by atoms with E-state index in [-0.39, 0.29) is 11.7 Å². The summed E-state index contributed by atoms with van der Waals surface area (Å²) >= 11 is 5.66. The number of nitrogens with one attached hydrogen (secondary N) is 2. The lowest BCUT2D eigenvalue weighted by Crippen LogP contribution is -2.45. The number of thiocarbonyl (C=S) groups is 1. The summed E-state index contributed by atoms with van der Waals surface area (Å²) in [7, 11) is 4.05. The summed E-state index contributed by atoms with van der Waals surface area (Å²) in [6, 6.07) is 7.64. The Hall–Kier alpha value is -2.16. The first kappa shape index (κ1) is 22.5. The Labute approximate surface area is 183 Å². The van der Waals surface area contributed by atoms with Gasteiger partial charge in [-0.3, -0.25) is 4.79 Å². The minimum atomic E-state index is -0.0940. The van der Waals surface area contributed by atoms with Crippen LogP contribution in [0.3, 0.4) is 0 Å². The van der Waals surface area contributed by atoms with Crippen LogP contribution in [0.25, 0.3) is 10.9 Å². The second kappa shape index (κ2) is 10.7. The standard InChI is InChI=1S/C22H32N4O3S/c1-4-28-18-7-8-20-16(13-18)12-17(21(27)24-20)15-26(10-9-25(2)3)22(30)23-14-19-6-5-11-29-19/h7-8,12-13,19H,4-6,9-11,14-15H2,1-3H3,(H,23,30)(H,24,27)/t19-/m0/s1. The van der Waals surface area contributed by atoms with E-state index in [1.807, 2.05) is 50.2 Å². The molecule has 1 aliphatic heterocycles. The molecule has 0 spiro atoms. The number of likely N-dealkylation sites (N-methyl/N-ethyl adjacent to an activating group) is 1. The van der Waals surface area contributed by atoms with E-state index in [0.717, 1.165) is 49.2 Å². The molecule has 2 N–H and O–H groups in total. The molecule has 0 saturated carbocycles. The first-order chi connectivity index (χ1) is 14.5. The molecule has 1 aromatic heterocycles. The van der Waals surface area contributed by atoms with Crippen molar-refractivity contribution in [3.8, 4) is 5.75 Å². The number of ether oxygens (including phenoxy) is 2. The lowest BCUT2D eigenvalue weighted by Gasteiger charge is -2.28. The number of fused-ring (bicyclic) bond motifs is 1. The molecule has 2 aromatic rings. The van der Waals surface area contributed by atoms with E-state index in [9.17, 15) is 4.79 Å². The molecule has 0 bridgehead atoms. The van der Waals surface area contributed by atoms with Gasteiger partial charge in [-0.05, 0) is 70.3 Å². The summed E-state index contributed by atoms with van der Waals surface area (Å²) in [6.07, 6.45) is 2.36. The maximum Gasteiger partial charge on any atom is 0.253 e. The highest BCUT2D eigenvalue weighted by Gasteiger charge is 2.18. The van der Waals surface area contributed by atoms with Crippen molar-refractivity contribution in [3.05, 3.63) is 40.2 Å². The van der Waals surface area contributed by atoms with E-state index in [2.05, 4.69) is 15.2 Å². The Kier molecular flexibility index (Phi) is 8.07. The highest BCUT2D eigenvalue weighted by Crippen LogP contribution is 2.20.